The van der Waals surface area contributed by atoms with Crippen molar-refractivity contribution in [2.24, 2.45) is 11.7 Å². The number of nitrogens with two attached hydrogens (primary N) is 2. The zero-order valence-electron chi connectivity index (χ0n) is 8.39. The lowest BCUT2D eigenvalue weighted by Crippen LogP contribution is -2.27. The molecule has 2 heterocycles. The van der Waals surface area contributed by atoms with Crippen LogP contribution in [0, 0.1) is 5.92 Å². The fourth-order valence-electron chi connectivity index (χ4n) is 1.81. The highest BCUT2D eigenvalue weighted by Crippen LogP contribution is 2.23. The van der Waals surface area contributed by atoms with Crippen molar-refractivity contribution in [2.45, 2.75) is 6.42 Å². The van der Waals surface area contributed by atoms with Gasteiger partial charge in [-0.3, -0.25) is 4.79 Å². The van der Waals surface area contributed by atoms with Gasteiger partial charge in [0.1, 0.15) is 5.82 Å². The molecule has 5 nitrogen and oxygen atoms in total. The van der Waals surface area contributed by atoms with Crippen molar-refractivity contribution in [2.75, 3.05) is 23.7 Å². The lowest BCUT2D eigenvalue weighted by molar-refractivity contribution is -0.121. The Labute approximate surface area is 88.1 Å². The van der Waals surface area contributed by atoms with E-state index in [-0.39, 0.29) is 11.8 Å². The summed E-state index contributed by atoms with van der Waals surface area (Å²) >= 11 is 0. The fraction of sp³-hybridized carbons (Fsp3) is 0.400. The molecule has 15 heavy (non-hydrogen) atoms. The third-order valence-corrected chi connectivity index (χ3v) is 2.73. The number of amides is 1. The van der Waals surface area contributed by atoms with Crippen LogP contribution in [0.3, 0.4) is 0 Å². The van der Waals surface area contributed by atoms with Crippen molar-refractivity contribution in [3.8, 4) is 0 Å². The number of carbonyl (C=O) groups excluding carboxylic acids is 1. The molecule has 1 aromatic rings. The smallest absolute Gasteiger partial charge is 0.222 e. The Balaban J connectivity index is 2.07. The number of carbonyl (C=O) groups is 1. The molecule has 80 valence electrons. The number of rotatable bonds is 2. The number of primary amides is 1. The Hall–Kier alpha value is -1.78. The zero-order valence-corrected chi connectivity index (χ0v) is 8.39. The predicted octanol–water partition coefficient (Wildman–Crippen LogP) is -0.0246. The Morgan fingerprint density at radius 2 is 2.33 bits per heavy atom. The first kappa shape index (κ1) is 9.76. The van der Waals surface area contributed by atoms with E-state index in [1.165, 1.54) is 0 Å². The highest BCUT2D eigenvalue weighted by molar-refractivity contribution is 5.78. The standard InChI is InChI=1S/C10H14N4O/c11-9-2-1-8(5-13-9)14-4-3-7(6-14)10(12)15/h1-2,5,7H,3-4,6H2,(H2,11,13)(H2,12,15). The van der Waals surface area contributed by atoms with Gasteiger partial charge in [-0.05, 0) is 18.6 Å². The van der Waals surface area contributed by atoms with E-state index < -0.39 is 0 Å². The second kappa shape index (κ2) is 3.76. The van der Waals surface area contributed by atoms with Crippen molar-refractivity contribution in [1.82, 2.24) is 4.98 Å². The number of aromatic nitrogens is 1. The van der Waals surface area contributed by atoms with Gasteiger partial charge in [0.2, 0.25) is 5.91 Å². The van der Waals surface area contributed by atoms with Gasteiger partial charge in [0, 0.05) is 13.1 Å². The maximum atomic E-state index is 11.0. The number of hydrogen-bond donors (Lipinski definition) is 2. The van der Waals surface area contributed by atoms with Crippen LogP contribution in [-0.4, -0.2) is 24.0 Å². The van der Waals surface area contributed by atoms with E-state index in [0.717, 1.165) is 18.7 Å². The van der Waals surface area contributed by atoms with E-state index in [2.05, 4.69) is 9.88 Å². The van der Waals surface area contributed by atoms with Crippen LogP contribution in [0.25, 0.3) is 0 Å². The Morgan fingerprint density at radius 1 is 1.53 bits per heavy atom. The molecule has 1 fully saturated rings. The number of hydrogen-bond acceptors (Lipinski definition) is 4. The highest BCUT2D eigenvalue weighted by Gasteiger charge is 2.26. The van der Waals surface area contributed by atoms with Crippen molar-refractivity contribution in [3.05, 3.63) is 18.3 Å². The van der Waals surface area contributed by atoms with Gasteiger partial charge in [0.25, 0.3) is 0 Å². The molecule has 0 aliphatic carbocycles. The summed E-state index contributed by atoms with van der Waals surface area (Å²) in [5.41, 5.74) is 11.8. The first-order valence-electron chi connectivity index (χ1n) is 4.92. The van der Waals surface area contributed by atoms with E-state index >= 15 is 0 Å². The van der Waals surface area contributed by atoms with Gasteiger partial charge in [0.05, 0.1) is 17.8 Å². The van der Waals surface area contributed by atoms with Gasteiger partial charge in [-0.15, -0.1) is 0 Å². The van der Waals surface area contributed by atoms with E-state index in [1.54, 1.807) is 12.3 Å². The minimum atomic E-state index is -0.221. The molecule has 1 saturated heterocycles. The van der Waals surface area contributed by atoms with Crippen LogP contribution in [0.2, 0.25) is 0 Å². The number of nitrogens with zero attached hydrogens (tertiary/aromatic N) is 2. The van der Waals surface area contributed by atoms with Gasteiger partial charge < -0.3 is 16.4 Å². The van der Waals surface area contributed by atoms with Gasteiger partial charge >= 0.3 is 0 Å². The molecule has 5 heteroatoms. The second-order valence-electron chi connectivity index (χ2n) is 3.78. The first-order valence-corrected chi connectivity index (χ1v) is 4.92. The Morgan fingerprint density at radius 3 is 2.87 bits per heavy atom. The normalized spacial score (nSPS) is 20.5. The lowest BCUT2D eigenvalue weighted by Gasteiger charge is -2.17. The maximum absolute atomic E-state index is 11.0. The van der Waals surface area contributed by atoms with Crippen LogP contribution in [0.5, 0.6) is 0 Å². The predicted molar refractivity (Wildman–Crippen MR) is 58.2 cm³/mol. The summed E-state index contributed by atoms with van der Waals surface area (Å²) in [6.45, 7) is 1.53. The Bertz CT molecular complexity index is 362. The van der Waals surface area contributed by atoms with Crippen LogP contribution in [-0.2, 0) is 4.79 Å². The molecular weight excluding hydrogens is 192 g/mol. The summed E-state index contributed by atoms with van der Waals surface area (Å²) in [7, 11) is 0. The summed E-state index contributed by atoms with van der Waals surface area (Å²) in [6, 6.07) is 3.67. The highest BCUT2D eigenvalue weighted by atomic mass is 16.1. The van der Waals surface area contributed by atoms with Crippen LogP contribution < -0.4 is 16.4 Å². The first-order chi connectivity index (χ1) is 7.16. The Kier molecular flexibility index (Phi) is 2.45. The topological polar surface area (TPSA) is 85.2 Å². The van der Waals surface area contributed by atoms with Crippen molar-refractivity contribution in [1.29, 1.82) is 0 Å². The van der Waals surface area contributed by atoms with Crippen LogP contribution >= 0.6 is 0 Å². The van der Waals surface area contributed by atoms with Crippen molar-refractivity contribution < 1.29 is 4.79 Å². The maximum Gasteiger partial charge on any atom is 0.222 e. The monoisotopic (exact) mass is 206 g/mol. The molecule has 0 spiro atoms. The van der Waals surface area contributed by atoms with Gasteiger partial charge in [-0.1, -0.05) is 0 Å². The molecule has 0 radical (unpaired) electrons. The van der Waals surface area contributed by atoms with Crippen LogP contribution in [0.15, 0.2) is 18.3 Å². The minimum absolute atomic E-state index is 0.0393. The van der Waals surface area contributed by atoms with Gasteiger partial charge in [0.15, 0.2) is 0 Å². The molecule has 1 aliphatic heterocycles. The summed E-state index contributed by atoms with van der Waals surface area (Å²) in [6.07, 6.45) is 2.54. The summed E-state index contributed by atoms with van der Waals surface area (Å²) in [5.74, 6) is 0.243. The molecule has 0 bridgehead atoms. The number of anilines is 2. The molecular formula is C10H14N4O. The lowest BCUT2D eigenvalue weighted by atomic mass is 10.1. The average molecular weight is 206 g/mol. The second-order valence-corrected chi connectivity index (χ2v) is 3.78. The fourth-order valence-corrected chi connectivity index (χ4v) is 1.81. The SMILES string of the molecule is NC(=O)C1CCN(c2ccc(N)nc2)C1. The molecule has 2 rings (SSSR count). The molecule has 1 aliphatic rings. The largest absolute Gasteiger partial charge is 0.384 e. The van der Waals surface area contributed by atoms with Crippen molar-refractivity contribution >= 4 is 17.4 Å². The molecule has 4 N–H and O–H groups in total. The van der Waals surface area contributed by atoms with E-state index in [1.807, 2.05) is 6.07 Å². The number of nitrogen functional groups attached to an aromatic ring is 1. The van der Waals surface area contributed by atoms with E-state index in [4.69, 9.17) is 11.5 Å². The molecule has 1 amide bonds. The third-order valence-electron chi connectivity index (χ3n) is 2.73. The molecule has 1 unspecified atom stereocenters. The zero-order chi connectivity index (χ0) is 10.8. The molecule has 0 saturated carbocycles. The van der Waals surface area contributed by atoms with Gasteiger partial charge in [-0.25, -0.2) is 4.98 Å². The van der Waals surface area contributed by atoms with Crippen LogP contribution in [0.4, 0.5) is 11.5 Å². The third kappa shape index (κ3) is 2.01. The van der Waals surface area contributed by atoms with E-state index in [9.17, 15) is 4.79 Å². The van der Waals surface area contributed by atoms with E-state index in [0.29, 0.717) is 12.4 Å². The quantitative estimate of drug-likeness (QED) is 0.711. The number of pyridine rings is 1. The molecule has 0 aromatic carbocycles. The minimum Gasteiger partial charge on any atom is -0.384 e. The van der Waals surface area contributed by atoms with Crippen LogP contribution in [0.1, 0.15) is 6.42 Å². The summed E-state index contributed by atoms with van der Waals surface area (Å²) in [5, 5.41) is 0. The molecule has 1 atom stereocenters. The van der Waals surface area contributed by atoms with Crippen molar-refractivity contribution in [3.63, 3.8) is 0 Å². The summed E-state index contributed by atoms with van der Waals surface area (Å²) < 4.78 is 0. The molecule has 1 aromatic heterocycles. The van der Waals surface area contributed by atoms with Gasteiger partial charge in [-0.2, -0.15) is 0 Å². The summed E-state index contributed by atoms with van der Waals surface area (Å²) in [4.78, 5) is 17.1. The average Bonchev–Trinajstić information content (AvgIpc) is 2.68.